The molecule has 0 aliphatic carbocycles. The van der Waals surface area contributed by atoms with Crippen molar-refractivity contribution in [3.8, 4) is 17.1 Å². The lowest BCUT2D eigenvalue weighted by molar-refractivity contribution is 0.399. The van der Waals surface area contributed by atoms with Gasteiger partial charge in [-0.3, -0.25) is 9.78 Å². The molecule has 0 spiro atoms. The number of nitrogens with zero attached hydrogens (tertiary/aromatic N) is 3. The summed E-state index contributed by atoms with van der Waals surface area (Å²) >= 11 is 0. The number of hydrogen-bond acceptors (Lipinski definition) is 5. The van der Waals surface area contributed by atoms with Gasteiger partial charge in [-0.25, -0.2) is 9.97 Å². The number of benzene rings is 1. The van der Waals surface area contributed by atoms with E-state index in [2.05, 4.69) is 27.1 Å². The molecule has 0 aliphatic heterocycles. The van der Waals surface area contributed by atoms with Crippen LogP contribution < -0.4 is 15.2 Å². The van der Waals surface area contributed by atoms with E-state index in [1.165, 1.54) is 11.6 Å². The normalized spacial score (nSPS) is 10.5. The molecule has 0 unspecified atom stereocenters. The molecule has 0 atom stereocenters. The molecule has 1 N–H and O–H groups in total. The highest BCUT2D eigenvalue weighted by Gasteiger charge is 2.12. The number of likely N-dealkylation sites (N-methyl/N-ethyl adjacent to an activating group) is 1. The minimum Gasteiger partial charge on any atom is -0.481 e. The van der Waals surface area contributed by atoms with Gasteiger partial charge in [0.1, 0.15) is 0 Å². The Morgan fingerprint density at radius 3 is 2.72 bits per heavy atom. The highest BCUT2D eigenvalue weighted by molar-refractivity contribution is 5.65. The molecule has 0 radical (unpaired) electrons. The lowest BCUT2D eigenvalue weighted by Crippen LogP contribution is -2.25. The van der Waals surface area contributed by atoms with Crippen molar-refractivity contribution in [1.82, 2.24) is 15.0 Å². The summed E-state index contributed by atoms with van der Waals surface area (Å²) in [7, 11) is 3.46. The van der Waals surface area contributed by atoms with Crippen LogP contribution in [0.5, 0.6) is 5.88 Å². The van der Waals surface area contributed by atoms with E-state index in [0.717, 1.165) is 13.0 Å². The van der Waals surface area contributed by atoms with Crippen LogP contribution in [0.4, 0.5) is 5.95 Å². The van der Waals surface area contributed by atoms with Crippen LogP contribution in [-0.2, 0) is 6.42 Å². The Morgan fingerprint density at radius 1 is 1.16 bits per heavy atom. The van der Waals surface area contributed by atoms with Crippen molar-refractivity contribution in [3.63, 3.8) is 0 Å². The summed E-state index contributed by atoms with van der Waals surface area (Å²) < 4.78 is 5.27. The van der Waals surface area contributed by atoms with Crippen LogP contribution in [0.2, 0.25) is 0 Å². The number of methoxy groups -OCH3 is 1. The molecule has 0 saturated carbocycles. The summed E-state index contributed by atoms with van der Waals surface area (Å²) in [5.41, 5.74) is 2.25. The van der Waals surface area contributed by atoms with Gasteiger partial charge in [0, 0.05) is 25.9 Å². The van der Waals surface area contributed by atoms with Crippen molar-refractivity contribution in [2.24, 2.45) is 0 Å². The van der Waals surface area contributed by atoms with E-state index in [1.54, 1.807) is 19.4 Å². The first kappa shape index (κ1) is 16.7. The van der Waals surface area contributed by atoms with Crippen molar-refractivity contribution in [2.75, 3.05) is 25.6 Å². The van der Waals surface area contributed by atoms with Gasteiger partial charge in [-0.15, -0.1) is 0 Å². The van der Waals surface area contributed by atoms with Gasteiger partial charge in [0.05, 0.1) is 18.4 Å². The third-order valence-corrected chi connectivity index (χ3v) is 3.91. The van der Waals surface area contributed by atoms with Crippen molar-refractivity contribution < 1.29 is 4.74 Å². The second-order valence-corrected chi connectivity index (χ2v) is 5.67. The van der Waals surface area contributed by atoms with Crippen molar-refractivity contribution in [3.05, 3.63) is 70.6 Å². The number of anilines is 1. The second-order valence-electron chi connectivity index (χ2n) is 5.67. The molecule has 2 aromatic heterocycles. The summed E-state index contributed by atoms with van der Waals surface area (Å²) in [5.74, 6) is 0.961. The van der Waals surface area contributed by atoms with Crippen LogP contribution in [0.15, 0.2) is 59.5 Å². The van der Waals surface area contributed by atoms with Gasteiger partial charge in [-0.2, -0.15) is 0 Å². The molecule has 128 valence electrons. The second kappa shape index (κ2) is 7.61. The number of aromatic nitrogens is 3. The molecule has 0 saturated heterocycles. The Morgan fingerprint density at radius 2 is 1.96 bits per heavy atom. The predicted octanol–water partition coefficient (Wildman–Crippen LogP) is 2.52. The van der Waals surface area contributed by atoms with E-state index in [0.29, 0.717) is 23.1 Å². The largest absolute Gasteiger partial charge is 0.481 e. The first-order valence-corrected chi connectivity index (χ1v) is 8.03. The molecule has 0 aliphatic rings. The fourth-order valence-corrected chi connectivity index (χ4v) is 2.56. The van der Waals surface area contributed by atoms with Crippen molar-refractivity contribution >= 4 is 5.95 Å². The molecular weight excluding hydrogens is 316 g/mol. The standard InChI is InChI=1S/C19H20N4O2/c1-23(12-10-14-7-4-3-5-8-14)19-21-16(13-17(24)22-19)15-9-6-11-20-18(15)25-2/h3-9,11,13H,10,12H2,1-2H3,(H,21,22,24). The Bertz CT molecular complexity index is 893. The van der Waals surface area contributed by atoms with Crippen LogP contribution in [-0.4, -0.2) is 35.7 Å². The molecule has 6 heteroatoms. The number of pyridine rings is 1. The van der Waals surface area contributed by atoms with E-state index < -0.39 is 0 Å². The van der Waals surface area contributed by atoms with Crippen LogP contribution in [0, 0.1) is 0 Å². The third-order valence-electron chi connectivity index (χ3n) is 3.91. The Hall–Kier alpha value is -3.15. The van der Waals surface area contributed by atoms with Gasteiger partial charge in [0.2, 0.25) is 11.8 Å². The van der Waals surface area contributed by atoms with E-state index in [4.69, 9.17) is 4.74 Å². The SMILES string of the molecule is COc1ncccc1-c1cc(=O)[nH]c(N(C)CCc2ccccc2)n1. The highest BCUT2D eigenvalue weighted by atomic mass is 16.5. The number of nitrogens with one attached hydrogen (secondary N) is 1. The van der Waals surface area contributed by atoms with Crippen molar-refractivity contribution in [1.29, 1.82) is 0 Å². The fourth-order valence-electron chi connectivity index (χ4n) is 2.56. The minimum absolute atomic E-state index is 0.211. The van der Waals surface area contributed by atoms with Gasteiger partial charge in [-0.05, 0) is 24.1 Å². The number of rotatable bonds is 6. The lowest BCUT2D eigenvalue weighted by Gasteiger charge is -2.18. The van der Waals surface area contributed by atoms with Crippen LogP contribution in [0.3, 0.4) is 0 Å². The van der Waals surface area contributed by atoms with Gasteiger partial charge >= 0.3 is 0 Å². The first-order chi connectivity index (χ1) is 12.2. The first-order valence-electron chi connectivity index (χ1n) is 8.03. The lowest BCUT2D eigenvalue weighted by atomic mass is 10.1. The number of aromatic amines is 1. The van der Waals surface area contributed by atoms with Gasteiger partial charge in [0.15, 0.2) is 0 Å². The van der Waals surface area contributed by atoms with Crippen LogP contribution in [0.25, 0.3) is 11.3 Å². The van der Waals surface area contributed by atoms with Gasteiger partial charge in [0.25, 0.3) is 5.56 Å². The Labute approximate surface area is 146 Å². The zero-order valence-electron chi connectivity index (χ0n) is 14.3. The number of H-pyrrole nitrogens is 1. The molecule has 0 fully saturated rings. The summed E-state index contributed by atoms with van der Waals surface area (Å²) in [6.45, 7) is 0.737. The highest BCUT2D eigenvalue weighted by Crippen LogP contribution is 2.25. The summed E-state index contributed by atoms with van der Waals surface area (Å²) in [6.07, 6.45) is 2.50. The van der Waals surface area contributed by atoms with Gasteiger partial charge < -0.3 is 9.64 Å². The zero-order chi connectivity index (χ0) is 17.6. The molecular formula is C19H20N4O2. The van der Waals surface area contributed by atoms with E-state index in [9.17, 15) is 4.79 Å². The summed E-state index contributed by atoms with van der Waals surface area (Å²) in [4.78, 5) is 25.5. The third kappa shape index (κ3) is 4.03. The zero-order valence-corrected chi connectivity index (χ0v) is 14.3. The molecule has 2 heterocycles. The van der Waals surface area contributed by atoms with Crippen LogP contribution in [0.1, 0.15) is 5.56 Å². The van der Waals surface area contributed by atoms with E-state index >= 15 is 0 Å². The summed E-state index contributed by atoms with van der Waals surface area (Å²) in [5, 5.41) is 0. The maximum Gasteiger partial charge on any atom is 0.252 e. The van der Waals surface area contributed by atoms with Crippen molar-refractivity contribution in [2.45, 2.75) is 6.42 Å². The molecule has 6 nitrogen and oxygen atoms in total. The summed E-state index contributed by atoms with van der Waals surface area (Å²) in [6, 6.07) is 15.3. The van der Waals surface area contributed by atoms with Gasteiger partial charge in [-0.1, -0.05) is 30.3 Å². The molecule has 3 rings (SSSR count). The van der Waals surface area contributed by atoms with E-state index in [1.807, 2.05) is 36.2 Å². The van der Waals surface area contributed by atoms with Crippen LogP contribution >= 0.6 is 0 Å². The maximum atomic E-state index is 12.1. The number of hydrogen-bond donors (Lipinski definition) is 1. The van der Waals surface area contributed by atoms with E-state index in [-0.39, 0.29) is 5.56 Å². The topological polar surface area (TPSA) is 71.1 Å². The predicted molar refractivity (Wildman–Crippen MR) is 98.1 cm³/mol. The Kier molecular flexibility index (Phi) is 5.09. The molecule has 3 aromatic rings. The quantitative estimate of drug-likeness (QED) is 0.749. The average molecular weight is 336 g/mol. The average Bonchev–Trinajstić information content (AvgIpc) is 2.66. The molecule has 1 aromatic carbocycles. The molecule has 0 bridgehead atoms. The monoisotopic (exact) mass is 336 g/mol. The minimum atomic E-state index is -0.211. The Balaban J connectivity index is 1.85. The molecule has 0 amide bonds. The smallest absolute Gasteiger partial charge is 0.252 e. The maximum absolute atomic E-state index is 12.1. The molecule has 25 heavy (non-hydrogen) atoms. The number of ether oxygens (including phenoxy) is 1. The fraction of sp³-hybridized carbons (Fsp3) is 0.211.